The smallest absolute Gasteiger partial charge is 0.266 e. The second kappa shape index (κ2) is 5.64. The lowest BCUT2D eigenvalue weighted by atomic mass is 10.1. The monoisotopic (exact) mass is 354 g/mol. The van der Waals surface area contributed by atoms with Crippen LogP contribution in [0.15, 0.2) is 71.1 Å². The molecule has 5 nitrogen and oxygen atoms in total. The second-order valence-corrected chi connectivity index (χ2v) is 6.48. The zero-order chi connectivity index (χ0) is 18.5. The lowest BCUT2D eigenvalue weighted by molar-refractivity contribution is 0.0926. The predicted molar refractivity (Wildman–Crippen MR) is 102 cm³/mol. The highest BCUT2D eigenvalue weighted by molar-refractivity contribution is 6.34. The van der Waals surface area contributed by atoms with Gasteiger partial charge in [-0.3, -0.25) is 9.59 Å². The molecule has 3 aromatic carbocycles. The number of carbonyl (C=O) groups excluding carboxylic acids is 2. The average Bonchev–Trinajstić information content (AvgIpc) is 3.22. The number of fused-ring (bicyclic) bond motifs is 2. The number of amides is 2. The third kappa shape index (κ3) is 2.29. The number of oxazole rings is 1. The first kappa shape index (κ1) is 15.5. The molecule has 0 atom stereocenters. The highest BCUT2D eigenvalue weighted by Crippen LogP contribution is 2.33. The Bertz CT molecular complexity index is 1170. The van der Waals surface area contributed by atoms with E-state index >= 15 is 0 Å². The van der Waals surface area contributed by atoms with Gasteiger partial charge in [-0.15, -0.1) is 0 Å². The second-order valence-electron chi connectivity index (χ2n) is 6.48. The molecule has 1 aromatic heterocycles. The van der Waals surface area contributed by atoms with Gasteiger partial charge in [-0.25, -0.2) is 9.88 Å². The van der Waals surface area contributed by atoms with Crippen molar-refractivity contribution < 1.29 is 14.0 Å². The van der Waals surface area contributed by atoms with E-state index in [0.29, 0.717) is 22.7 Å². The van der Waals surface area contributed by atoms with Crippen LogP contribution in [-0.4, -0.2) is 16.8 Å². The van der Waals surface area contributed by atoms with E-state index in [2.05, 4.69) is 4.98 Å². The van der Waals surface area contributed by atoms with Crippen molar-refractivity contribution in [2.24, 2.45) is 0 Å². The topological polar surface area (TPSA) is 63.4 Å². The van der Waals surface area contributed by atoms with Crippen molar-refractivity contribution >= 4 is 28.6 Å². The van der Waals surface area contributed by atoms with Gasteiger partial charge in [0.1, 0.15) is 5.52 Å². The van der Waals surface area contributed by atoms with Crippen LogP contribution in [0.5, 0.6) is 0 Å². The van der Waals surface area contributed by atoms with Gasteiger partial charge in [-0.05, 0) is 55.0 Å². The number of aryl methyl sites for hydroxylation is 1. The maximum Gasteiger partial charge on any atom is 0.266 e. The third-order valence-electron chi connectivity index (χ3n) is 4.77. The Kier molecular flexibility index (Phi) is 3.24. The van der Waals surface area contributed by atoms with Crippen LogP contribution >= 0.6 is 0 Å². The molecule has 0 saturated heterocycles. The molecule has 27 heavy (non-hydrogen) atoms. The van der Waals surface area contributed by atoms with Gasteiger partial charge in [-0.1, -0.05) is 24.3 Å². The minimum absolute atomic E-state index is 0.298. The lowest BCUT2D eigenvalue weighted by Crippen LogP contribution is -2.30. The lowest BCUT2D eigenvalue weighted by Gasteiger charge is -2.17. The van der Waals surface area contributed by atoms with Gasteiger partial charge >= 0.3 is 0 Å². The molecule has 0 fully saturated rings. The molecule has 5 heteroatoms. The summed E-state index contributed by atoms with van der Waals surface area (Å²) in [5.41, 5.74) is 4.54. The molecule has 2 heterocycles. The summed E-state index contributed by atoms with van der Waals surface area (Å²) in [5.74, 6) is -0.0881. The van der Waals surface area contributed by atoms with Gasteiger partial charge in [-0.2, -0.15) is 0 Å². The van der Waals surface area contributed by atoms with Gasteiger partial charge in [0.25, 0.3) is 11.8 Å². The molecule has 4 aromatic rings. The van der Waals surface area contributed by atoms with Crippen LogP contribution in [-0.2, 0) is 0 Å². The van der Waals surface area contributed by atoms with Gasteiger partial charge in [0, 0.05) is 5.56 Å². The Hall–Kier alpha value is -3.73. The molecular formula is C22H14N2O3. The minimum Gasteiger partial charge on any atom is -0.436 e. The fourth-order valence-electron chi connectivity index (χ4n) is 3.44. The molecule has 0 bridgehead atoms. The first-order valence-electron chi connectivity index (χ1n) is 8.58. The number of hydrogen-bond acceptors (Lipinski definition) is 4. The Balaban J connectivity index is 1.56. The minimum atomic E-state index is -0.298. The van der Waals surface area contributed by atoms with Crippen LogP contribution < -0.4 is 4.90 Å². The summed E-state index contributed by atoms with van der Waals surface area (Å²) >= 11 is 0. The van der Waals surface area contributed by atoms with E-state index in [1.54, 1.807) is 30.3 Å². The van der Waals surface area contributed by atoms with Crippen LogP contribution in [0.25, 0.3) is 22.6 Å². The number of carbonyl (C=O) groups is 2. The Morgan fingerprint density at radius 1 is 0.852 bits per heavy atom. The molecule has 0 radical (unpaired) electrons. The number of imide groups is 1. The van der Waals surface area contributed by atoms with Crippen molar-refractivity contribution in [3.8, 4) is 11.5 Å². The summed E-state index contributed by atoms with van der Waals surface area (Å²) in [5, 5.41) is 0. The Morgan fingerprint density at radius 3 is 2.19 bits per heavy atom. The van der Waals surface area contributed by atoms with Crippen molar-refractivity contribution in [1.29, 1.82) is 0 Å². The third-order valence-corrected chi connectivity index (χ3v) is 4.77. The average molecular weight is 354 g/mol. The van der Waals surface area contributed by atoms with Crippen molar-refractivity contribution in [3.05, 3.63) is 83.4 Å². The molecule has 0 spiro atoms. The van der Waals surface area contributed by atoms with Gasteiger partial charge < -0.3 is 4.42 Å². The maximum absolute atomic E-state index is 12.7. The van der Waals surface area contributed by atoms with Crippen LogP contribution in [0.1, 0.15) is 26.3 Å². The fourth-order valence-corrected chi connectivity index (χ4v) is 3.44. The SMILES string of the molecule is Cc1cc(-c2nc3ccccc3o2)ccc1N1C(=O)c2ccccc2C1=O. The maximum atomic E-state index is 12.7. The van der Waals surface area contributed by atoms with Crippen LogP contribution in [0.3, 0.4) is 0 Å². The molecule has 1 aliphatic heterocycles. The summed E-state index contributed by atoms with van der Waals surface area (Å²) < 4.78 is 5.81. The summed E-state index contributed by atoms with van der Waals surface area (Å²) in [6.07, 6.45) is 0. The largest absolute Gasteiger partial charge is 0.436 e. The normalized spacial score (nSPS) is 13.4. The van der Waals surface area contributed by atoms with Crippen molar-refractivity contribution in [3.63, 3.8) is 0 Å². The van der Waals surface area contributed by atoms with Gasteiger partial charge in [0.15, 0.2) is 5.58 Å². The molecule has 0 saturated carbocycles. The van der Waals surface area contributed by atoms with E-state index in [9.17, 15) is 9.59 Å². The van der Waals surface area contributed by atoms with E-state index in [1.807, 2.05) is 43.3 Å². The van der Waals surface area contributed by atoms with E-state index in [1.165, 1.54) is 4.90 Å². The van der Waals surface area contributed by atoms with E-state index < -0.39 is 0 Å². The van der Waals surface area contributed by atoms with Gasteiger partial charge in [0.05, 0.1) is 16.8 Å². The number of hydrogen-bond donors (Lipinski definition) is 0. The highest BCUT2D eigenvalue weighted by Gasteiger charge is 2.36. The standard InChI is InChI=1S/C22H14N2O3/c1-13-12-14(20-23-17-8-4-5-9-19(17)27-20)10-11-18(13)24-21(25)15-6-2-3-7-16(15)22(24)26/h2-12H,1H3. The number of nitrogens with zero attached hydrogens (tertiary/aromatic N) is 2. The molecular weight excluding hydrogens is 340 g/mol. The quantitative estimate of drug-likeness (QED) is 0.493. The zero-order valence-corrected chi connectivity index (χ0v) is 14.5. The summed E-state index contributed by atoms with van der Waals surface area (Å²) in [4.78, 5) is 31.1. The first-order valence-corrected chi connectivity index (χ1v) is 8.58. The molecule has 2 amide bonds. The van der Waals surface area contributed by atoms with E-state index in [-0.39, 0.29) is 11.8 Å². The van der Waals surface area contributed by atoms with Crippen molar-refractivity contribution in [2.75, 3.05) is 4.90 Å². The highest BCUT2D eigenvalue weighted by atomic mass is 16.3. The number of anilines is 1. The van der Waals surface area contributed by atoms with E-state index in [0.717, 1.165) is 22.2 Å². The summed E-state index contributed by atoms with van der Waals surface area (Å²) in [7, 11) is 0. The van der Waals surface area contributed by atoms with E-state index in [4.69, 9.17) is 4.42 Å². The van der Waals surface area contributed by atoms with Crippen molar-refractivity contribution in [1.82, 2.24) is 4.98 Å². The molecule has 0 unspecified atom stereocenters. The Morgan fingerprint density at radius 2 is 1.52 bits per heavy atom. The predicted octanol–water partition coefficient (Wildman–Crippen LogP) is 4.60. The summed E-state index contributed by atoms with van der Waals surface area (Å²) in [6, 6.07) is 19.9. The molecule has 130 valence electrons. The summed E-state index contributed by atoms with van der Waals surface area (Å²) in [6.45, 7) is 1.87. The van der Waals surface area contributed by atoms with Crippen LogP contribution in [0.4, 0.5) is 5.69 Å². The number of para-hydroxylation sites is 2. The number of rotatable bonds is 2. The number of benzene rings is 3. The first-order chi connectivity index (χ1) is 13.1. The molecule has 0 N–H and O–H groups in total. The van der Waals surface area contributed by atoms with Crippen LogP contribution in [0, 0.1) is 6.92 Å². The molecule has 5 rings (SSSR count). The molecule has 0 aliphatic carbocycles. The zero-order valence-electron chi connectivity index (χ0n) is 14.5. The fraction of sp³-hybridized carbons (Fsp3) is 0.0455. The van der Waals surface area contributed by atoms with Crippen LogP contribution in [0.2, 0.25) is 0 Å². The Labute approximate surface area is 154 Å². The van der Waals surface area contributed by atoms with Crippen molar-refractivity contribution in [2.45, 2.75) is 6.92 Å². The molecule has 1 aliphatic rings. The number of aromatic nitrogens is 1. The van der Waals surface area contributed by atoms with Gasteiger partial charge in [0.2, 0.25) is 5.89 Å².